The smallest absolute Gasteiger partial charge is 0.0541 e. The number of aromatic nitrogens is 2. The second kappa shape index (κ2) is 13.2. The molecule has 56 heavy (non-hydrogen) atoms. The lowest BCUT2D eigenvalue weighted by Gasteiger charge is -2.14. The average Bonchev–Trinajstić information content (AvgIpc) is 3.80. The van der Waals surface area contributed by atoms with Gasteiger partial charge in [-0.1, -0.05) is 146 Å². The molecule has 2 nitrogen and oxygen atoms in total. The van der Waals surface area contributed by atoms with Crippen LogP contribution in [0.1, 0.15) is 0 Å². The second-order valence-electron chi connectivity index (χ2n) is 14.6. The van der Waals surface area contributed by atoms with E-state index in [1.807, 2.05) is 0 Å². The lowest BCUT2D eigenvalue weighted by atomic mass is 9.93. The van der Waals surface area contributed by atoms with E-state index in [4.69, 9.17) is 0 Å². The molecule has 0 bridgehead atoms. The normalized spacial score (nSPS) is 11.6. The number of rotatable bonds is 6. The van der Waals surface area contributed by atoms with E-state index in [1.54, 1.807) is 0 Å². The zero-order valence-electron chi connectivity index (χ0n) is 30.7. The van der Waals surface area contributed by atoms with Crippen LogP contribution in [0.4, 0.5) is 0 Å². The van der Waals surface area contributed by atoms with Gasteiger partial charge in [-0.25, -0.2) is 0 Å². The predicted molar refractivity (Wildman–Crippen MR) is 237 cm³/mol. The molecule has 0 saturated carbocycles. The van der Waals surface area contributed by atoms with E-state index in [0.717, 1.165) is 11.4 Å². The van der Waals surface area contributed by atoms with Gasteiger partial charge >= 0.3 is 0 Å². The van der Waals surface area contributed by atoms with Crippen molar-refractivity contribution >= 4 is 43.6 Å². The summed E-state index contributed by atoms with van der Waals surface area (Å²) in [5, 5.41) is 5.02. The number of fused-ring (bicyclic) bond motifs is 6. The van der Waals surface area contributed by atoms with Crippen LogP contribution in [0.15, 0.2) is 218 Å². The SMILES string of the molecule is c1ccc(-c2cc(-c3ccccc3)cc(-c3cccc(-n4c5ccccc5c5cc(-c6cccc(-n7c8ccccc8c8ccccc87)c6)ccc54)c3)c2)cc1. The molecule has 9 aromatic carbocycles. The van der Waals surface area contributed by atoms with Crippen LogP contribution in [0.3, 0.4) is 0 Å². The van der Waals surface area contributed by atoms with Gasteiger partial charge in [-0.05, 0) is 117 Å². The van der Waals surface area contributed by atoms with Crippen LogP contribution in [0.25, 0.3) is 99.5 Å². The summed E-state index contributed by atoms with van der Waals surface area (Å²) in [5.41, 5.74) is 16.7. The molecule has 0 atom stereocenters. The minimum absolute atomic E-state index is 1.14. The Morgan fingerprint density at radius 2 is 0.554 bits per heavy atom. The van der Waals surface area contributed by atoms with Crippen molar-refractivity contribution in [3.8, 4) is 55.9 Å². The fraction of sp³-hybridized carbons (Fsp3) is 0. The highest BCUT2D eigenvalue weighted by atomic mass is 15.0. The Bertz CT molecular complexity index is 3130. The lowest BCUT2D eigenvalue weighted by molar-refractivity contribution is 1.18. The topological polar surface area (TPSA) is 9.86 Å². The van der Waals surface area contributed by atoms with Crippen molar-refractivity contribution in [2.45, 2.75) is 0 Å². The minimum Gasteiger partial charge on any atom is -0.309 e. The number of hydrogen-bond donors (Lipinski definition) is 0. The Balaban J connectivity index is 1.04. The fourth-order valence-electron chi connectivity index (χ4n) is 8.67. The molecule has 0 unspecified atom stereocenters. The highest BCUT2D eigenvalue weighted by molar-refractivity contribution is 6.11. The Labute approximate surface area is 325 Å². The van der Waals surface area contributed by atoms with Crippen LogP contribution < -0.4 is 0 Å². The van der Waals surface area contributed by atoms with Crippen molar-refractivity contribution in [3.05, 3.63) is 218 Å². The molecule has 11 aromatic rings. The third-order valence-electron chi connectivity index (χ3n) is 11.3. The summed E-state index contributed by atoms with van der Waals surface area (Å²) in [6.45, 7) is 0. The van der Waals surface area contributed by atoms with Gasteiger partial charge < -0.3 is 9.13 Å². The van der Waals surface area contributed by atoms with E-state index in [-0.39, 0.29) is 0 Å². The van der Waals surface area contributed by atoms with E-state index in [9.17, 15) is 0 Å². The first kappa shape index (κ1) is 32.0. The first-order valence-corrected chi connectivity index (χ1v) is 19.3. The van der Waals surface area contributed by atoms with Gasteiger partial charge in [0.25, 0.3) is 0 Å². The van der Waals surface area contributed by atoms with E-state index < -0.39 is 0 Å². The molecule has 0 aliphatic rings. The molecule has 0 amide bonds. The summed E-state index contributed by atoms with van der Waals surface area (Å²) in [6.07, 6.45) is 0. The van der Waals surface area contributed by atoms with Crippen molar-refractivity contribution in [1.29, 1.82) is 0 Å². The van der Waals surface area contributed by atoms with Crippen molar-refractivity contribution in [1.82, 2.24) is 9.13 Å². The van der Waals surface area contributed by atoms with Crippen LogP contribution in [0.5, 0.6) is 0 Å². The predicted octanol–water partition coefficient (Wildman–Crippen LogP) is 14.5. The molecule has 0 aliphatic heterocycles. The highest BCUT2D eigenvalue weighted by Gasteiger charge is 2.16. The van der Waals surface area contributed by atoms with Gasteiger partial charge in [-0.2, -0.15) is 0 Å². The molecular weight excluding hydrogens is 677 g/mol. The van der Waals surface area contributed by atoms with Crippen LogP contribution in [0.2, 0.25) is 0 Å². The quantitative estimate of drug-likeness (QED) is 0.162. The van der Waals surface area contributed by atoms with E-state index >= 15 is 0 Å². The summed E-state index contributed by atoms with van der Waals surface area (Å²) < 4.78 is 4.82. The van der Waals surface area contributed by atoms with Crippen LogP contribution >= 0.6 is 0 Å². The molecule has 0 saturated heterocycles. The molecule has 2 aromatic heterocycles. The molecule has 0 spiro atoms. The molecule has 0 radical (unpaired) electrons. The summed E-state index contributed by atoms with van der Waals surface area (Å²) >= 11 is 0. The molecular formula is C54H36N2. The molecule has 11 rings (SSSR count). The maximum Gasteiger partial charge on any atom is 0.0541 e. The maximum absolute atomic E-state index is 2.42. The zero-order chi connectivity index (χ0) is 37.0. The van der Waals surface area contributed by atoms with E-state index in [0.29, 0.717) is 0 Å². The summed E-state index contributed by atoms with van der Waals surface area (Å²) in [6, 6.07) is 79.4. The Morgan fingerprint density at radius 3 is 1.05 bits per heavy atom. The van der Waals surface area contributed by atoms with Crippen molar-refractivity contribution in [3.63, 3.8) is 0 Å². The number of benzene rings is 9. The fourth-order valence-corrected chi connectivity index (χ4v) is 8.67. The van der Waals surface area contributed by atoms with E-state index in [1.165, 1.54) is 88.1 Å². The van der Waals surface area contributed by atoms with Gasteiger partial charge in [0.05, 0.1) is 22.1 Å². The largest absolute Gasteiger partial charge is 0.309 e. The van der Waals surface area contributed by atoms with Crippen LogP contribution in [0, 0.1) is 0 Å². The van der Waals surface area contributed by atoms with Crippen molar-refractivity contribution in [2.24, 2.45) is 0 Å². The number of nitrogens with zero attached hydrogens (tertiary/aromatic N) is 2. The van der Waals surface area contributed by atoms with E-state index in [2.05, 4.69) is 228 Å². The van der Waals surface area contributed by atoms with Gasteiger partial charge in [0.2, 0.25) is 0 Å². The van der Waals surface area contributed by atoms with Crippen molar-refractivity contribution in [2.75, 3.05) is 0 Å². The first-order valence-electron chi connectivity index (χ1n) is 19.3. The Hall–Kier alpha value is -7.42. The summed E-state index contributed by atoms with van der Waals surface area (Å²) in [5.74, 6) is 0. The third kappa shape index (κ3) is 5.34. The summed E-state index contributed by atoms with van der Waals surface area (Å²) in [7, 11) is 0. The van der Waals surface area contributed by atoms with Gasteiger partial charge in [0.1, 0.15) is 0 Å². The molecule has 0 N–H and O–H groups in total. The Kier molecular flexibility index (Phi) is 7.53. The number of hydrogen-bond acceptors (Lipinski definition) is 0. The average molecular weight is 713 g/mol. The lowest BCUT2D eigenvalue weighted by Crippen LogP contribution is -1.95. The van der Waals surface area contributed by atoms with Crippen molar-refractivity contribution < 1.29 is 0 Å². The third-order valence-corrected chi connectivity index (χ3v) is 11.3. The second-order valence-corrected chi connectivity index (χ2v) is 14.6. The molecule has 0 fully saturated rings. The van der Waals surface area contributed by atoms with Gasteiger partial charge in [0.15, 0.2) is 0 Å². The number of para-hydroxylation sites is 3. The zero-order valence-corrected chi connectivity index (χ0v) is 30.7. The highest BCUT2D eigenvalue weighted by Crippen LogP contribution is 2.39. The monoisotopic (exact) mass is 712 g/mol. The molecule has 262 valence electrons. The maximum atomic E-state index is 2.42. The molecule has 0 aliphatic carbocycles. The first-order chi connectivity index (χ1) is 27.8. The Morgan fingerprint density at radius 1 is 0.196 bits per heavy atom. The molecule has 2 heterocycles. The standard InChI is InChI=1S/C54H36N2/c1-3-15-37(16-4-1)42-31-43(38-17-5-2-6-18-38)33-44(32-42)40-20-14-22-46(35-40)56-53-28-12-9-25-49(53)50-36-41(29-30-54(50)56)39-19-13-21-45(34-39)55-51-26-10-7-23-47(51)48-24-8-11-27-52(48)55/h1-36H. The molecule has 2 heteroatoms. The summed E-state index contributed by atoms with van der Waals surface area (Å²) in [4.78, 5) is 0. The van der Waals surface area contributed by atoms with Crippen LogP contribution in [-0.2, 0) is 0 Å². The minimum atomic E-state index is 1.14. The van der Waals surface area contributed by atoms with Gasteiger partial charge in [-0.15, -0.1) is 0 Å². The van der Waals surface area contributed by atoms with Gasteiger partial charge in [0, 0.05) is 32.9 Å². The van der Waals surface area contributed by atoms with Crippen LogP contribution in [-0.4, -0.2) is 9.13 Å². The van der Waals surface area contributed by atoms with Gasteiger partial charge in [-0.3, -0.25) is 0 Å².